The summed E-state index contributed by atoms with van der Waals surface area (Å²) in [7, 11) is 0. The molecule has 10 heteroatoms. The van der Waals surface area contributed by atoms with Crippen LogP contribution in [0.15, 0.2) is 34.3 Å². The number of H-pyrrole nitrogens is 1. The summed E-state index contributed by atoms with van der Waals surface area (Å²) >= 11 is 1.55. The third kappa shape index (κ3) is 3.58. The number of aryl methyl sites for hydroxylation is 2. The average Bonchev–Trinajstić information content (AvgIpc) is 3.48. The van der Waals surface area contributed by atoms with Crippen LogP contribution in [0.25, 0.3) is 10.7 Å². The van der Waals surface area contributed by atoms with Crippen LogP contribution in [0.3, 0.4) is 0 Å². The Kier molecular flexibility index (Phi) is 4.47. The third-order valence-electron chi connectivity index (χ3n) is 4.82. The van der Waals surface area contributed by atoms with Gasteiger partial charge in [-0.15, -0.1) is 11.3 Å². The second-order valence-electron chi connectivity index (χ2n) is 7.06. The molecule has 0 radical (unpaired) electrons. The van der Waals surface area contributed by atoms with E-state index in [9.17, 15) is 0 Å². The third-order valence-corrected chi connectivity index (χ3v) is 5.62. The van der Waals surface area contributed by atoms with Crippen LogP contribution in [0.2, 0.25) is 0 Å². The number of thiazole rings is 1. The van der Waals surface area contributed by atoms with Gasteiger partial charge in [-0.2, -0.15) is 10.1 Å². The molecule has 2 N–H and O–H groups in total. The number of rotatable bonds is 5. The summed E-state index contributed by atoms with van der Waals surface area (Å²) in [6.07, 6.45) is 3.77. The zero-order chi connectivity index (χ0) is 19.8. The van der Waals surface area contributed by atoms with Crippen LogP contribution < -0.4 is 10.2 Å². The Balaban J connectivity index is 1.42. The van der Waals surface area contributed by atoms with Gasteiger partial charge in [0.2, 0.25) is 5.95 Å². The second-order valence-corrected chi connectivity index (χ2v) is 7.95. The zero-order valence-corrected chi connectivity index (χ0v) is 16.9. The summed E-state index contributed by atoms with van der Waals surface area (Å²) in [5.41, 5.74) is 2.64. The molecule has 0 saturated carbocycles. The summed E-state index contributed by atoms with van der Waals surface area (Å²) in [5.74, 6) is 2.93. The molecular formula is C19H20N8OS. The van der Waals surface area contributed by atoms with Crippen molar-refractivity contribution in [3.63, 3.8) is 0 Å². The summed E-state index contributed by atoms with van der Waals surface area (Å²) < 4.78 is 5.67. The molecule has 1 aliphatic heterocycles. The molecule has 1 unspecified atom stereocenters. The lowest BCUT2D eigenvalue weighted by atomic mass is 10.1. The summed E-state index contributed by atoms with van der Waals surface area (Å²) in [6, 6.07) is 5.87. The highest BCUT2D eigenvalue weighted by Gasteiger charge is 2.32. The molecule has 1 aliphatic rings. The lowest BCUT2D eigenvalue weighted by Gasteiger charge is -2.23. The van der Waals surface area contributed by atoms with E-state index in [4.69, 9.17) is 9.51 Å². The van der Waals surface area contributed by atoms with Crippen molar-refractivity contribution in [3.05, 3.63) is 46.9 Å². The summed E-state index contributed by atoms with van der Waals surface area (Å²) in [5, 5.41) is 17.4. The first-order chi connectivity index (χ1) is 14.2. The van der Waals surface area contributed by atoms with Crippen LogP contribution in [0.4, 0.5) is 17.6 Å². The Morgan fingerprint density at radius 2 is 2.14 bits per heavy atom. The Bertz CT molecular complexity index is 1120. The maximum atomic E-state index is 5.67. The monoisotopic (exact) mass is 408 g/mol. The molecule has 0 aliphatic carbocycles. The lowest BCUT2D eigenvalue weighted by molar-refractivity contribution is 0.362. The smallest absolute Gasteiger partial charge is 0.228 e. The number of hydrogen-bond donors (Lipinski definition) is 2. The topological polar surface area (TPSA) is 109 Å². The highest BCUT2D eigenvalue weighted by molar-refractivity contribution is 7.13. The largest absolute Gasteiger partial charge is 0.358 e. The fourth-order valence-electron chi connectivity index (χ4n) is 3.56. The quantitative estimate of drug-likeness (QED) is 0.510. The zero-order valence-electron chi connectivity index (χ0n) is 16.1. The molecule has 0 bridgehead atoms. The average molecular weight is 408 g/mol. The van der Waals surface area contributed by atoms with E-state index in [1.54, 1.807) is 17.5 Å². The van der Waals surface area contributed by atoms with Gasteiger partial charge in [0, 0.05) is 47.7 Å². The second kappa shape index (κ2) is 7.28. The Morgan fingerprint density at radius 3 is 2.93 bits per heavy atom. The molecule has 1 saturated heterocycles. The van der Waals surface area contributed by atoms with E-state index in [1.807, 2.05) is 37.4 Å². The van der Waals surface area contributed by atoms with Crippen molar-refractivity contribution < 1.29 is 4.52 Å². The molecule has 0 amide bonds. The van der Waals surface area contributed by atoms with Crippen molar-refractivity contribution in [3.8, 4) is 10.7 Å². The van der Waals surface area contributed by atoms with Gasteiger partial charge in [-0.3, -0.25) is 5.10 Å². The molecule has 0 aromatic carbocycles. The van der Waals surface area contributed by atoms with Crippen LogP contribution in [-0.4, -0.2) is 36.9 Å². The Morgan fingerprint density at radius 1 is 1.21 bits per heavy atom. The molecule has 4 aromatic heterocycles. The minimum Gasteiger partial charge on any atom is -0.358 e. The van der Waals surface area contributed by atoms with Crippen molar-refractivity contribution in [2.75, 3.05) is 16.8 Å². The first kappa shape index (κ1) is 17.8. The first-order valence-electron chi connectivity index (χ1n) is 9.43. The predicted octanol–water partition coefficient (Wildman–Crippen LogP) is 4.01. The molecule has 4 aromatic rings. The van der Waals surface area contributed by atoms with Gasteiger partial charge < -0.3 is 14.7 Å². The van der Waals surface area contributed by atoms with Crippen molar-refractivity contribution in [1.29, 1.82) is 0 Å². The molecule has 148 valence electrons. The summed E-state index contributed by atoms with van der Waals surface area (Å²) in [6.45, 7) is 4.79. The fourth-order valence-corrected chi connectivity index (χ4v) is 4.15. The van der Waals surface area contributed by atoms with E-state index in [-0.39, 0.29) is 6.04 Å². The maximum Gasteiger partial charge on any atom is 0.228 e. The molecule has 1 atom stereocenters. The number of aromatic nitrogens is 6. The number of hydrogen-bond acceptors (Lipinski definition) is 9. The number of aromatic amines is 1. The lowest BCUT2D eigenvalue weighted by Crippen LogP contribution is -2.25. The standard InChI is InChI=1S/C19H20N8OS/c1-11-8-16(22-17-9-12(2)24-25-17)23-19(21-11)27-6-3-4-14(27)15-10-13(26-28-15)18-20-5-7-29-18/h5,7-10,14H,3-4,6H2,1-2H3,(H2,21,22,23,24,25). The van der Waals surface area contributed by atoms with E-state index in [2.05, 4.69) is 35.5 Å². The molecule has 29 heavy (non-hydrogen) atoms. The van der Waals surface area contributed by atoms with Crippen LogP contribution in [0.5, 0.6) is 0 Å². The van der Waals surface area contributed by atoms with Gasteiger partial charge >= 0.3 is 0 Å². The minimum atomic E-state index is 0.0542. The van der Waals surface area contributed by atoms with E-state index in [0.29, 0.717) is 11.8 Å². The van der Waals surface area contributed by atoms with Crippen molar-refractivity contribution in [2.24, 2.45) is 0 Å². The van der Waals surface area contributed by atoms with E-state index in [0.717, 1.165) is 53.1 Å². The predicted molar refractivity (Wildman–Crippen MR) is 110 cm³/mol. The summed E-state index contributed by atoms with van der Waals surface area (Å²) in [4.78, 5) is 15.9. The van der Waals surface area contributed by atoms with Gasteiger partial charge in [0.05, 0.1) is 6.04 Å². The van der Waals surface area contributed by atoms with Gasteiger partial charge in [0.25, 0.3) is 0 Å². The van der Waals surface area contributed by atoms with Gasteiger partial charge in [0.15, 0.2) is 11.6 Å². The number of anilines is 3. The van der Waals surface area contributed by atoms with Gasteiger partial charge in [-0.05, 0) is 26.7 Å². The van der Waals surface area contributed by atoms with Gasteiger partial charge in [-0.25, -0.2) is 9.97 Å². The molecule has 9 nitrogen and oxygen atoms in total. The van der Waals surface area contributed by atoms with Crippen molar-refractivity contribution in [1.82, 2.24) is 30.3 Å². The van der Waals surface area contributed by atoms with Crippen molar-refractivity contribution >= 4 is 28.9 Å². The van der Waals surface area contributed by atoms with Crippen LogP contribution in [0, 0.1) is 13.8 Å². The minimum absolute atomic E-state index is 0.0542. The SMILES string of the molecule is Cc1cc(Nc2cc(C)[nH]n2)nc(N2CCCC2c2cc(-c3nccs3)no2)n1. The van der Waals surface area contributed by atoms with E-state index in [1.165, 1.54) is 0 Å². The first-order valence-corrected chi connectivity index (χ1v) is 10.3. The van der Waals surface area contributed by atoms with Gasteiger partial charge in [0.1, 0.15) is 16.5 Å². The van der Waals surface area contributed by atoms with Crippen LogP contribution in [0.1, 0.15) is 36.0 Å². The highest BCUT2D eigenvalue weighted by atomic mass is 32.1. The molecule has 5 heterocycles. The maximum absolute atomic E-state index is 5.67. The van der Waals surface area contributed by atoms with E-state index >= 15 is 0 Å². The number of nitrogens with one attached hydrogen (secondary N) is 2. The molecular weight excluding hydrogens is 388 g/mol. The van der Waals surface area contributed by atoms with Crippen LogP contribution in [-0.2, 0) is 0 Å². The van der Waals surface area contributed by atoms with Crippen molar-refractivity contribution in [2.45, 2.75) is 32.7 Å². The molecule has 0 spiro atoms. The fraction of sp³-hybridized carbons (Fsp3) is 0.316. The molecule has 1 fully saturated rings. The Hall–Kier alpha value is -3.27. The highest BCUT2D eigenvalue weighted by Crippen LogP contribution is 2.36. The van der Waals surface area contributed by atoms with Crippen LogP contribution >= 0.6 is 11.3 Å². The van der Waals surface area contributed by atoms with E-state index < -0.39 is 0 Å². The normalized spacial score (nSPS) is 16.5. The molecule has 5 rings (SSSR count). The van der Waals surface area contributed by atoms with Gasteiger partial charge in [-0.1, -0.05) is 5.16 Å². The Labute approximate surface area is 171 Å². The number of nitrogens with zero attached hydrogens (tertiary/aromatic N) is 6.